The maximum Gasteiger partial charge on any atom is 0.167 e. The van der Waals surface area contributed by atoms with Crippen LogP contribution in [0.5, 0.6) is 11.5 Å². The third-order valence-corrected chi connectivity index (χ3v) is 3.67. The molecule has 0 heterocycles. The van der Waals surface area contributed by atoms with E-state index in [0.29, 0.717) is 17.1 Å². The zero-order chi connectivity index (χ0) is 16.9. The molecule has 3 aromatic rings. The van der Waals surface area contributed by atoms with E-state index in [-0.39, 0.29) is 5.75 Å². The molecule has 1 atom stereocenters. The van der Waals surface area contributed by atoms with Crippen LogP contribution in [-0.2, 0) is 11.4 Å². The van der Waals surface area contributed by atoms with E-state index in [9.17, 15) is 8.76 Å². The Morgan fingerprint density at radius 2 is 1.71 bits per heavy atom. The Bertz CT molecular complexity index is 910. The third-order valence-electron chi connectivity index (χ3n) is 3.36. The number of rotatable bonds is 5. The average molecular weight is 341 g/mol. The smallest absolute Gasteiger partial charge is 0.167 e. The molecule has 0 saturated carbocycles. The van der Waals surface area contributed by atoms with Gasteiger partial charge >= 0.3 is 0 Å². The average Bonchev–Trinajstić information content (AvgIpc) is 2.60. The topological polar surface area (TPSA) is 83.3 Å². The van der Waals surface area contributed by atoms with Gasteiger partial charge in [0.2, 0.25) is 0 Å². The lowest BCUT2D eigenvalue weighted by atomic mass is 10.1. The molecule has 24 heavy (non-hydrogen) atoms. The van der Waals surface area contributed by atoms with E-state index in [0.717, 1.165) is 10.8 Å². The lowest BCUT2D eigenvalue weighted by Crippen LogP contribution is -1.98. The van der Waals surface area contributed by atoms with Gasteiger partial charge in [0.1, 0.15) is 22.8 Å². The maximum atomic E-state index is 10.9. The molecule has 0 bridgehead atoms. The first-order valence-electron chi connectivity index (χ1n) is 7.02. The van der Waals surface area contributed by atoms with Crippen molar-refractivity contribution in [1.29, 1.82) is 0 Å². The Hall–Kier alpha value is -2.77. The third kappa shape index (κ3) is 3.58. The van der Waals surface area contributed by atoms with E-state index in [1.54, 1.807) is 43.5 Å². The number of benzene rings is 3. The fourth-order valence-corrected chi connectivity index (χ4v) is 2.52. The molecular formula is C17H13N2O4S-. The SMILES string of the molecule is COc1ccc(N=Nc2c(OS(=O)[O-])ccc3ccccc23)cc1. The predicted molar refractivity (Wildman–Crippen MR) is 90.7 cm³/mol. The van der Waals surface area contributed by atoms with E-state index in [1.165, 1.54) is 0 Å². The zero-order valence-electron chi connectivity index (χ0n) is 12.7. The minimum atomic E-state index is -2.69. The Kier molecular flexibility index (Phi) is 4.83. The van der Waals surface area contributed by atoms with Gasteiger partial charge in [-0.1, -0.05) is 30.3 Å². The summed E-state index contributed by atoms with van der Waals surface area (Å²) in [5.74, 6) is 0.837. The van der Waals surface area contributed by atoms with Crippen molar-refractivity contribution >= 4 is 33.5 Å². The number of hydrogen-bond acceptors (Lipinski definition) is 6. The van der Waals surface area contributed by atoms with Gasteiger partial charge in [0.25, 0.3) is 0 Å². The van der Waals surface area contributed by atoms with Gasteiger partial charge in [-0.05, 0) is 35.7 Å². The molecule has 3 rings (SSSR count). The minimum absolute atomic E-state index is 0.124. The number of nitrogens with zero attached hydrogens (tertiary/aromatic N) is 2. The highest BCUT2D eigenvalue weighted by Crippen LogP contribution is 2.37. The van der Waals surface area contributed by atoms with E-state index in [1.807, 2.05) is 24.3 Å². The molecule has 0 aliphatic rings. The van der Waals surface area contributed by atoms with Crippen LogP contribution in [0.25, 0.3) is 10.8 Å². The Morgan fingerprint density at radius 3 is 2.42 bits per heavy atom. The zero-order valence-corrected chi connectivity index (χ0v) is 13.5. The molecule has 6 nitrogen and oxygen atoms in total. The minimum Gasteiger partial charge on any atom is -0.740 e. The molecule has 7 heteroatoms. The first-order valence-corrected chi connectivity index (χ1v) is 8.02. The van der Waals surface area contributed by atoms with Gasteiger partial charge in [-0.25, -0.2) is 4.21 Å². The summed E-state index contributed by atoms with van der Waals surface area (Å²) in [4.78, 5) is 0. The van der Waals surface area contributed by atoms with Gasteiger partial charge in [0.05, 0.1) is 12.8 Å². The van der Waals surface area contributed by atoms with Crippen LogP contribution >= 0.6 is 0 Å². The molecule has 122 valence electrons. The lowest BCUT2D eigenvalue weighted by molar-refractivity contribution is 0.415. The van der Waals surface area contributed by atoms with E-state index < -0.39 is 11.4 Å². The first kappa shape index (κ1) is 16.1. The second-order valence-corrected chi connectivity index (χ2v) is 5.39. The number of ether oxygens (including phenoxy) is 1. The summed E-state index contributed by atoms with van der Waals surface area (Å²) in [5.41, 5.74) is 0.964. The van der Waals surface area contributed by atoms with Crippen molar-refractivity contribution in [2.45, 2.75) is 0 Å². The van der Waals surface area contributed by atoms with Crippen molar-refractivity contribution in [3.63, 3.8) is 0 Å². The molecule has 0 saturated heterocycles. The summed E-state index contributed by atoms with van der Waals surface area (Å²) in [7, 11) is 1.58. The van der Waals surface area contributed by atoms with E-state index in [2.05, 4.69) is 10.2 Å². The lowest BCUT2D eigenvalue weighted by Gasteiger charge is -2.11. The van der Waals surface area contributed by atoms with Crippen LogP contribution in [-0.4, -0.2) is 15.9 Å². The summed E-state index contributed by atoms with van der Waals surface area (Å²) in [6, 6.07) is 17.8. The number of methoxy groups -OCH3 is 1. The predicted octanol–water partition coefficient (Wildman–Crippen LogP) is 4.44. The molecule has 0 N–H and O–H groups in total. The van der Waals surface area contributed by atoms with Crippen molar-refractivity contribution in [2.24, 2.45) is 10.2 Å². The highest BCUT2D eigenvalue weighted by molar-refractivity contribution is 7.74. The Morgan fingerprint density at radius 1 is 0.958 bits per heavy atom. The van der Waals surface area contributed by atoms with Crippen LogP contribution in [0.15, 0.2) is 70.9 Å². The van der Waals surface area contributed by atoms with Crippen molar-refractivity contribution < 1.29 is 17.7 Å². The van der Waals surface area contributed by atoms with Crippen LogP contribution in [0, 0.1) is 0 Å². The maximum absolute atomic E-state index is 10.9. The summed E-state index contributed by atoms with van der Waals surface area (Å²) >= 11 is -2.69. The monoisotopic (exact) mass is 341 g/mol. The van der Waals surface area contributed by atoms with Gasteiger partial charge in [-0.3, -0.25) is 0 Å². The van der Waals surface area contributed by atoms with Gasteiger partial charge in [0, 0.05) is 5.39 Å². The Labute approximate surface area is 141 Å². The van der Waals surface area contributed by atoms with Crippen LogP contribution in [0.3, 0.4) is 0 Å². The van der Waals surface area contributed by atoms with Gasteiger partial charge in [-0.15, -0.1) is 5.11 Å². The first-order chi connectivity index (χ1) is 11.7. The van der Waals surface area contributed by atoms with Crippen molar-refractivity contribution in [3.8, 4) is 11.5 Å². The molecule has 0 aliphatic heterocycles. The largest absolute Gasteiger partial charge is 0.740 e. The van der Waals surface area contributed by atoms with Crippen molar-refractivity contribution in [1.82, 2.24) is 0 Å². The van der Waals surface area contributed by atoms with Crippen LogP contribution in [0.1, 0.15) is 0 Å². The van der Waals surface area contributed by atoms with Gasteiger partial charge in [-0.2, -0.15) is 5.11 Å². The summed E-state index contributed by atoms with van der Waals surface area (Å²) in [5, 5.41) is 10.0. The second-order valence-electron chi connectivity index (χ2n) is 4.82. The molecule has 0 radical (unpaired) electrons. The van der Waals surface area contributed by atoms with E-state index in [4.69, 9.17) is 8.92 Å². The highest BCUT2D eigenvalue weighted by atomic mass is 32.2. The number of hydrogen-bond donors (Lipinski definition) is 0. The standard InChI is InChI=1S/C17H14N2O4S/c1-22-14-9-7-13(8-10-14)18-19-17-15-5-3-2-4-12(15)6-11-16(17)23-24(20)21/h2-11H,1H3,(H,20,21)/p-1. The molecule has 0 spiro atoms. The fraction of sp³-hybridized carbons (Fsp3) is 0.0588. The Balaban J connectivity index is 2.04. The second kappa shape index (κ2) is 7.20. The highest BCUT2D eigenvalue weighted by Gasteiger charge is 2.09. The quantitative estimate of drug-likeness (QED) is 0.507. The van der Waals surface area contributed by atoms with Crippen LogP contribution in [0.2, 0.25) is 0 Å². The van der Waals surface area contributed by atoms with Crippen molar-refractivity contribution in [3.05, 3.63) is 60.7 Å². The molecule has 0 amide bonds. The summed E-state index contributed by atoms with van der Waals surface area (Å²) in [6.07, 6.45) is 0. The van der Waals surface area contributed by atoms with Crippen molar-refractivity contribution in [2.75, 3.05) is 7.11 Å². The molecule has 0 aromatic heterocycles. The fourth-order valence-electron chi connectivity index (χ4n) is 2.24. The summed E-state index contributed by atoms with van der Waals surface area (Å²) in [6.45, 7) is 0. The molecule has 0 aliphatic carbocycles. The van der Waals surface area contributed by atoms with Crippen LogP contribution < -0.4 is 8.92 Å². The number of fused-ring (bicyclic) bond motifs is 1. The van der Waals surface area contributed by atoms with E-state index >= 15 is 0 Å². The molecule has 0 fully saturated rings. The normalized spacial score (nSPS) is 12.4. The molecule has 1 unspecified atom stereocenters. The van der Waals surface area contributed by atoms with Gasteiger partial charge < -0.3 is 13.5 Å². The summed E-state index contributed by atoms with van der Waals surface area (Å²) < 4.78 is 31.7. The molecule has 3 aromatic carbocycles. The number of azo groups is 1. The van der Waals surface area contributed by atoms with Crippen LogP contribution in [0.4, 0.5) is 11.4 Å². The molecular weight excluding hydrogens is 328 g/mol. The van der Waals surface area contributed by atoms with Gasteiger partial charge in [0.15, 0.2) is 5.75 Å².